The van der Waals surface area contributed by atoms with Gasteiger partial charge in [0, 0.05) is 23.6 Å². The standard InChI is InChI=1S/C16H14N4O6S3/c1-9-12(19(21)22)6-11(7-13(9)20(23)24)29(25,26)17-8-15-10(2)18-16(28-15)14-4-3-5-27-14/h3-7,17H,8H2,1-2H3. The molecule has 1 aromatic carbocycles. The molecular weight excluding hydrogens is 440 g/mol. The second-order valence-corrected chi connectivity index (χ2v) is 9.73. The van der Waals surface area contributed by atoms with Crippen molar-refractivity contribution in [3.63, 3.8) is 0 Å². The molecule has 0 fully saturated rings. The van der Waals surface area contributed by atoms with Gasteiger partial charge in [0.25, 0.3) is 11.4 Å². The number of nitro benzene ring substituents is 2. The van der Waals surface area contributed by atoms with E-state index in [2.05, 4.69) is 9.71 Å². The highest BCUT2D eigenvalue weighted by Crippen LogP contribution is 2.33. The van der Waals surface area contributed by atoms with Crippen molar-refractivity contribution in [2.45, 2.75) is 25.3 Å². The Bertz CT molecular complexity index is 1170. The Morgan fingerprint density at radius 1 is 1.14 bits per heavy atom. The van der Waals surface area contributed by atoms with Gasteiger partial charge in [0.05, 0.1) is 25.3 Å². The maximum atomic E-state index is 12.6. The minimum atomic E-state index is -4.23. The number of rotatable bonds is 7. The zero-order valence-electron chi connectivity index (χ0n) is 15.1. The van der Waals surface area contributed by atoms with E-state index in [4.69, 9.17) is 0 Å². The summed E-state index contributed by atoms with van der Waals surface area (Å²) in [4.78, 5) is 26.2. The number of nitrogens with zero attached hydrogens (tertiary/aromatic N) is 3. The summed E-state index contributed by atoms with van der Waals surface area (Å²) >= 11 is 2.84. The normalized spacial score (nSPS) is 11.5. The third-order valence-electron chi connectivity index (χ3n) is 4.08. The van der Waals surface area contributed by atoms with Gasteiger partial charge in [-0.05, 0) is 25.3 Å². The van der Waals surface area contributed by atoms with Crippen LogP contribution < -0.4 is 4.72 Å². The Kier molecular flexibility index (Phi) is 5.75. The third-order valence-corrected chi connectivity index (χ3v) is 7.65. The Morgan fingerprint density at radius 3 is 2.28 bits per heavy atom. The number of thiazole rings is 1. The van der Waals surface area contributed by atoms with E-state index in [0.717, 1.165) is 22.0 Å². The number of aromatic nitrogens is 1. The smallest absolute Gasteiger partial charge is 0.258 e. The summed E-state index contributed by atoms with van der Waals surface area (Å²) < 4.78 is 27.6. The van der Waals surface area contributed by atoms with Crippen molar-refractivity contribution in [2.75, 3.05) is 0 Å². The highest BCUT2D eigenvalue weighted by atomic mass is 32.2. The van der Waals surface area contributed by atoms with Gasteiger partial charge >= 0.3 is 0 Å². The van der Waals surface area contributed by atoms with Gasteiger partial charge in [-0.2, -0.15) is 0 Å². The molecule has 0 atom stereocenters. The van der Waals surface area contributed by atoms with Crippen molar-refractivity contribution < 1.29 is 18.3 Å². The highest BCUT2D eigenvalue weighted by Gasteiger charge is 2.28. The van der Waals surface area contributed by atoms with Crippen LogP contribution in [-0.2, 0) is 16.6 Å². The third kappa shape index (κ3) is 4.32. The van der Waals surface area contributed by atoms with E-state index in [9.17, 15) is 28.6 Å². The second-order valence-electron chi connectivity index (χ2n) is 5.93. The molecule has 0 saturated carbocycles. The fourth-order valence-corrected chi connectivity index (χ4v) is 5.46. The van der Waals surface area contributed by atoms with Gasteiger partial charge in [0.15, 0.2) is 0 Å². The maximum Gasteiger partial charge on any atom is 0.280 e. The zero-order chi connectivity index (χ0) is 21.3. The molecule has 13 heteroatoms. The molecule has 0 radical (unpaired) electrons. The number of sulfonamides is 1. The highest BCUT2D eigenvalue weighted by molar-refractivity contribution is 7.89. The Hall–Kier alpha value is -2.74. The molecule has 0 aliphatic carbocycles. The van der Waals surface area contributed by atoms with Gasteiger partial charge in [-0.3, -0.25) is 20.2 Å². The topological polar surface area (TPSA) is 145 Å². The first-order valence-electron chi connectivity index (χ1n) is 8.03. The van der Waals surface area contributed by atoms with E-state index >= 15 is 0 Å². The minimum absolute atomic E-state index is 0.0906. The van der Waals surface area contributed by atoms with E-state index < -0.39 is 36.1 Å². The summed E-state index contributed by atoms with van der Waals surface area (Å²) in [5.74, 6) is 0. The van der Waals surface area contributed by atoms with Crippen LogP contribution in [-0.4, -0.2) is 23.2 Å². The quantitative estimate of drug-likeness (QED) is 0.422. The number of benzene rings is 1. The average Bonchev–Trinajstić information content (AvgIpc) is 3.29. The Labute approximate surface area is 173 Å². The van der Waals surface area contributed by atoms with E-state index in [1.54, 1.807) is 6.92 Å². The first kappa shape index (κ1) is 21.0. The molecule has 3 aromatic rings. The molecule has 3 rings (SSSR count). The second kappa shape index (κ2) is 7.94. The number of nitrogens with one attached hydrogen (secondary N) is 1. The lowest BCUT2D eigenvalue weighted by molar-refractivity contribution is -0.395. The molecule has 0 amide bonds. The number of nitro groups is 2. The molecule has 0 spiro atoms. The Balaban J connectivity index is 1.91. The SMILES string of the molecule is Cc1nc(-c2cccs2)sc1CNS(=O)(=O)c1cc([N+](=O)[O-])c(C)c([N+](=O)[O-])c1. The monoisotopic (exact) mass is 454 g/mol. The molecule has 1 N–H and O–H groups in total. The fourth-order valence-electron chi connectivity index (χ4n) is 2.53. The lowest BCUT2D eigenvalue weighted by Gasteiger charge is -2.07. The van der Waals surface area contributed by atoms with Crippen molar-refractivity contribution in [1.29, 1.82) is 0 Å². The van der Waals surface area contributed by atoms with E-state index in [1.165, 1.54) is 29.6 Å². The zero-order valence-corrected chi connectivity index (χ0v) is 17.6. The molecule has 2 heterocycles. The van der Waals surface area contributed by atoms with Crippen LogP contribution in [0.2, 0.25) is 0 Å². The summed E-state index contributed by atoms with van der Waals surface area (Å²) in [6.45, 7) is 2.86. The van der Waals surface area contributed by atoms with Crippen LogP contribution in [0.25, 0.3) is 9.88 Å². The first-order chi connectivity index (χ1) is 13.6. The van der Waals surface area contributed by atoms with Crippen LogP contribution in [0.1, 0.15) is 16.1 Å². The first-order valence-corrected chi connectivity index (χ1v) is 11.2. The van der Waals surface area contributed by atoms with Crippen molar-refractivity contribution >= 4 is 44.1 Å². The van der Waals surface area contributed by atoms with Gasteiger partial charge in [0.1, 0.15) is 10.6 Å². The summed E-state index contributed by atoms with van der Waals surface area (Å²) in [5, 5.41) is 25.0. The van der Waals surface area contributed by atoms with Gasteiger partial charge in [-0.25, -0.2) is 18.1 Å². The average molecular weight is 455 g/mol. The van der Waals surface area contributed by atoms with Crippen molar-refractivity contribution in [3.05, 3.63) is 66.0 Å². The number of hydrogen-bond acceptors (Lipinski definition) is 9. The molecular formula is C16H14N4O6S3. The molecule has 0 saturated heterocycles. The fraction of sp³-hybridized carbons (Fsp3) is 0.188. The van der Waals surface area contributed by atoms with Crippen LogP contribution in [0, 0.1) is 34.1 Å². The number of thiophene rings is 1. The van der Waals surface area contributed by atoms with Crippen molar-refractivity contribution in [3.8, 4) is 9.88 Å². The lowest BCUT2D eigenvalue weighted by Crippen LogP contribution is -2.23. The van der Waals surface area contributed by atoms with E-state index in [1.807, 2.05) is 17.5 Å². The van der Waals surface area contributed by atoms with Crippen molar-refractivity contribution in [1.82, 2.24) is 9.71 Å². The molecule has 0 unspecified atom stereocenters. The Morgan fingerprint density at radius 2 is 1.76 bits per heavy atom. The number of hydrogen-bond donors (Lipinski definition) is 1. The molecule has 0 aliphatic heterocycles. The minimum Gasteiger partial charge on any atom is -0.258 e. The van der Waals surface area contributed by atoms with Gasteiger partial charge in [-0.1, -0.05) is 6.07 Å². The van der Waals surface area contributed by atoms with Crippen LogP contribution >= 0.6 is 22.7 Å². The van der Waals surface area contributed by atoms with Crippen molar-refractivity contribution in [2.24, 2.45) is 0 Å². The lowest BCUT2D eigenvalue weighted by atomic mass is 10.1. The summed E-state index contributed by atoms with van der Waals surface area (Å²) in [5.41, 5.74) is -0.818. The largest absolute Gasteiger partial charge is 0.280 e. The summed E-state index contributed by atoms with van der Waals surface area (Å²) in [6.07, 6.45) is 0. The van der Waals surface area contributed by atoms with Gasteiger partial charge in [-0.15, -0.1) is 22.7 Å². The summed E-state index contributed by atoms with van der Waals surface area (Å²) in [7, 11) is -4.23. The molecule has 0 aliphatic rings. The molecule has 10 nitrogen and oxygen atoms in total. The van der Waals surface area contributed by atoms with Crippen LogP contribution in [0.3, 0.4) is 0 Å². The summed E-state index contributed by atoms with van der Waals surface area (Å²) in [6, 6.07) is 5.43. The predicted molar refractivity (Wildman–Crippen MR) is 109 cm³/mol. The van der Waals surface area contributed by atoms with Crippen LogP contribution in [0.15, 0.2) is 34.5 Å². The van der Waals surface area contributed by atoms with Gasteiger partial charge in [0.2, 0.25) is 10.0 Å². The van der Waals surface area contributed by atoms with E-state index in [0.29, 0.717) is 10.6 Å². The molecule has 29 heavy (non-hydrogen) atoms. The van der Waals surface area contributed by atoms with E-state index in [-0.39, 0.29) is 12.1 Å². The predicted octanol–water partition coefficient (Wildman–Crippen LogP) is 3.78. The van der Waals surface area contributed by atoms with Crippen LogP contribution in [0.4, 0.5) is 11.4 Å². The van der Waals surface area contributed by atoms with Crippen LogP contribution in [0.5, 0.6) is 0 Å². The molecule has 2 aromatic heterocycles. The molecule has 152 valence electrons. The van der Waals surface area contributed by atoms with Gasteiger partial charge < -0.3 is 0 Å². The number of aryl methyl sites for hydroxylation is 1. The maximum absolute atomic E-state index is 12.6. The molecule has 0 bridgehead atoms.